The molecule has 0 radical (unpaired) electrons. The predicted molar refractivity (Wildman–Crippen MR) is 181 cm³/mol. The smallest absolute Gasteiger partial charge is 0.372 e. The van der Waals surface area contributed by atoms with Gasteiger partial charge in [-0.05, 0) is 36.5 Å². The van der Waals surface area contributed by atoms with Crippen LogP contribution < -0.4 is 0 Å². The first kappa shape index (κ1) is 42.8. The molecule has 0 aromatic heterocycles. The highest BCUT2D eigenvalue weighted by molar-refractivity contribution is 8.00. The third kappa shape index (κ3) is 25.6. The van der Waals surface area contributed by atoms with Crippen LogP contribution in [0.25, 0.3) is 0 Å². The Morgan fingerprint density at radius 1 is 0.465 bits per heavy atom. The van der Waals surface area contributed by atoms with Crippen LogP contribution in [0.3, 0.4) is 0 Å². The highest BCUT2D eigenvalue weighted by Gasteiger charge is 2.35. The summed E-state index contributed by atoms with van der Waals surface area (Å²) in [4.78, 5) is 37.5. The molecule has 9 nitrogen and oxygen atoms in total. The number of unbranched alkanes of at least 4 members (excludes halogenated alkanes) is 15. The molecule has 0 saturated heterocycles. The van der Waals surface area contributed by atoms with E-state index in [0.29, 0.717) is 17.3 Å². The Morgan fingerprint density at radius 3 is 0.953 bits per heavy atom. The van der Waals surface area contributed by atoms with Gasteiger partial charge in [0.2, 0.25) is 0 Å². The van der Waals surface area contributed by atoms with Crippen molar-refractivity contribution in [1.82, 2.24) is 0 Å². The van der Waals surface area contributed by atoms with Crippen LogP contribution in [0.15, 0.2) is 0 Å². The fraction of sp³-hybridized carbons (Fsp3) is 0.900. The van der Waals surface area contributed by atoms with Crippen molar-refractivity contribution < 1.29 is 43.3 Å². The number of carbonyl (C=O) groups excluding carboxylic acids is 3. The van der Waals surface area contributed by atoms with Gasteiger partial charge in [0.05, 0.1) is 0 Å². The average molecular weight is 689 g/mol. The second kappa shape index (κ2) is 30.4. The van der Waals surface area contributed by atoms with E-state index in [2.05, 4.69) is 20.8 Å². The van der Waals surface area contributed by atoms with E-state index in [9.17, 15) is 29.7 Å². The Balaban J connectivity index is 4.84. The van der Waals surface area contributed by atoms with Crippen LogP contribution in [0, 0.1) is 0 Å². The number of rotatable bonds is 30. The van der Waals surface area contributed by atoms with E-state index in [1.54, 1.807) is 0 Å². The van der Waals surface area contributed by atoms with Gasteiger partial charge in [-0.3, -0.25) is 0 Å². The topological polar surface area (TPSA) is 140 Å². The molecule has 0 spiro atoms. The maximum Gasteiger partial charge on any atom is 0.537 e. The molecule has 0 bridgehead atoms. The van der Waals surface area contributed by atoms with Gasteiger partial charge in [-0.1, -0.05) is 117 Å². The summed E-state index contributed by atoms with van der Waals surface area (Å²) >= 11 is 2.95. The molecule has 0 aromatic carbocycles. The van der Waals surface area contributed by atoms with Gasteiger partial charge in [0.25, 0.3) is 0 Å². The average Bonchev–Trinajstić information content (AvgIpc) is 2.99. The molecule has 0 fully saturated rings. The minimum absolute atomic E-state index is 0.529. The Kier molecular flexibility index (Phi) is 30.3. The predicted octanol–water partition coefficient (Wildman–Crippen LogP) is 8.08. The third-order valence-corrected chi connectivity index (χ3v) is 10.5. The van der Waals surface area contributed by atoms with Crippen molar-refractivity contribution >= 4 is 61.8 Å². The monoisotopic (exact) mass is 688 g/mol. The van der Waals surface area contributed by atoms with Crippen molar-refractivity contribution in [3.8, 4) is 0 Å². The van der Waals surface area contributed by atoms with Crippen LogP contribution >= 0.6 is 43.9 Å². The number of thioether (sulfide) groups is 3. The zero-order valence-electron chi connectivity index (χ0n) is 26.5. The molecule has 0 aliphatic carbocycles. The summed E-state index contributed by atoms with van der Waals surface area (Å²) in [5, 5.41) is 30.7. The van der Waals surface area contributed by atoms with Gasteiger partial charge in [-0.25, -0.2) is 14.4 Å². The standard InChI is InChI=1S/C30H57O9PS3/c1-4-7-10-13-16-19-22-41-28(34)25(31)37-40(38-26(32)29(35)42-23-20-17-14-11-8-5-2)39-27(33)30(36)43-24-21-18-15-12-9-6-3/h28-30,34-36H,4-24H2,1-3H3. The summed E-state index contributed by atoms with van der Waals surface area (Å²) in [6.07, 6.45) is 19.1. The largest absolute Gasteiger partial charge is 0.537 e. The van der Waals surface area contributed by atoms with E-state index in [4.69, 9.17) is 13.6 Å². The quantitative estimate of drug-likeness (QED) is 0.0382. The van der Waals surface area contributed by atoms with Crippen LogP contribution in [0.4, 0.5) is 0 Å². The van der Waals surface area contributed by atoms with Crippen molar-refractivity contribution in [2.24, 2.45) is 0 Å². The van der Waals surface area contributed by atoms with E-state index in [1.807, 2.05) is 0 Å². The molecule has 43 heavy (non-hydrogen) atoms. The fourth-order valence-electron chi connectivity index (χ4n) is 3.85. The van der Waals surface area contributed by atoms with Crippen LogP contribution in [0.2, 0.25) is 0 Å². The molecule has 0 aromatic rings. The number of hydrogen-bond acceptors (Lipinski definition) is 12. The summed E-state index contributed by atoms with van der Waals surface area (Å²) in [5.74, 6) is -1.77. The minimum Gasteiger partial charge on any atom is -0.372 e. The second-order valence-corrected chi connectivity index (χ2v) is 15.0. The van der Waals surface area contributed by atoms with Crippen molar-refractivity contribution in [1.29, 1.82) is 0 Å². The van der Waals surface area contributed by atoms with Gasteiger partial charge in [0.1, 0.15) is 0 Å². The zero-order chi connectivity index (χ0) is 32.1. The lowest BCUT2D eigenvalue weighted by molar-refractivity contribution is -0.148. The van der Waals surface area contributed by atoms with Gasteiger partial charge in [-0.15, -0.1) is 35.3 Å². The van der Waals surface area contributed by atoms with E-state index >= 15 is 0 Å². The van der Waals surface area contributed by atoms with Gasteiger partial charge in [0, 0.05) is 0 Å². The molecule has 3 unspecified atom stereocenters. The Labute approximate surface area is 274 Å². The Morgan fingerprint density at radius 2 is 0.698 bits per heavy atom. The Hall–Kier alpha value is -0.230. The highest BCUT2D eigenvalue weighted by Crippen LogP contribution is 2.43. The first-order valence-corrected chi connectivity index (χ1v) is 20.3. The molecular formula is C30H57O9PS3. The minimum atomic E-state index is -2.93. The van der Waals surface area contributed by atoms with Gasteiger partial charge in [0.15, 0.2) is 16.3 Å². The van der Waals surface area contributed by atoms with Crippen molar-refractivity contribution in [2.45, 2.75) is 153 Å². The van der Waals surface area contributed by atoms with Gasteiger partial charge < -0.3 is 28.9 Å². The van der Waals surface area contributed by atoms with Crippen molar-refractivity contribution in [3.05, 3.63) is 0 Å². The fourth-order valence-corrected chi connectivity index (χ4v) is 7.25. The molecule has 0 aliphatic rings. The third-order valence-electron chi connectivity index (χ3n) is 6.42. The van der Waals surface area contributed by atoms with Crippen LogP contribution in [-0.2, 0) is 28.0 Å². The summed E-state index contributed by atoms with van der Waals surface area (Å²) in [5.41, 5.74) is -4.67. The van der Waals surface area contributed by atoms with Crippen molar-refractivity contribution in [2.75, 3.05) is 17.3 Å². The first-order valence-electron chi connectivity index (χ1n) is 16.1. The van der Waals surface area contributed by atoms with E-state index in [-0.39, 0.29) is 0 Å². The molecule has 254 valence electrons. The van der Waals surface area contributed by atoms with Crippen molar-refractivity contribution in [3.63, 3.8) is 0 Å². The zero-order valence-corrected chi connectivity index (χ0v) is 29.9. The summed E-state index contributed by atoms with van der Waals surface area (Å²) in [7, 11) is -2.93. The SMILES string of the molecule is CCCCCCCCSC(O)C(=O)OP(OC(=O)C(O)SCCCCCCCC)OC(=O)C(O)SCCCCCCCC. The molecule has 0 aliphatic heterocycles. The molecule has 0 rings (SSSR count). The molecule has 3 atom stereocenters. The maximum atomic E-state index is 12.5. The van der Waals surface area contributed by atoms with E-state index in [1.165, 1.54) is 19.3 Å². The first-order chi connectivity index (χ1) is 20.8. The number of aliphatic hydroxyl groups is 3. The maximum absolute atomic E-state index is 12.5. The lowest BCUT2D eigenvalue weighted by Crippen LogP contribution is -2.25. The number of aliphatic hydroxyl groups excluding tert-OH is 3. The lowest BCUT2D eigenvalue weighted by Gasteiger charge is -2.19. The van der Waals surface area contributed by atoms with E-state index < -0.39 is 42.8 Å². The normalized spacial score (nSPS) is 14.1. The van der Waals surface area contributed by atoms with Crippen LogP contribution in [0.1, 0.15) is 136 Å². The number of carbonyl (C=O) groups is 3. The number of hydrogen-bond donors (Lipinski definition) is 3. The lowest BCUT2D eigenvalue weighted by atomic mass is 10.1. The highest BCUT2D eigenvalue weighted by atomic mass is 32.2. The molecule has 0 amide bonds. The summed E-state index contributed by atoms with van der Waals surface area (Å²) in [6, 6.07) is 0. The second-order valence-electron chi connectivity index (χ2n) is 10.4. The molecular weight excluding hydrogens is 631 g/mol. The van der Waals surface area contributed by atoms with E-state index in [0.717, 1.165) is 132 Å². The molecule has 0 saturated carbocycles. The van der Waals surface area contributed by atoms with Gasteiger partial charge >= 0.3 is 26.5 Å². The summed E-state index contributed by atoms with van der Waals surface area (Å²) in [6.45, 7) is 6.44. The Bertz CT molecular complexity index is 615. The molecule has 3 N–H and O–H groups in total. The van der Waals surface area contributed by atoms with Crippen LogP contribution in [0.5, 0.6) is 0 Å². The van der Waals surface area contributed by atoms with Crippen LogP contribution in [-0.4, -0.2) is 66.8 Å². The van der Waals surface area contributed by atoms with Gasteiger partial charge in [-0.2, -0.15) is 0 Å². The molecule has 13 heteroatoms. The summed E-state index contributed by atoms with van der Waals surface area (Å²) < 4.78 is 15.2. The molecule has 0 heterocycles.